The van der Waals surface area contributed by atoms with E-state index in [9.17, 15) is 9.90 Å². The highest BCUT2D eigenvalue weighted by Crippen LogP contribution is 2.57. The summed E-state index contributed by atoms with van der Waals surface area (Å²) in [5, 5.41) is 14.6. The van der Waals surface area contributed by atoms with Crippen LogP contribution >= 0.6 is 23.2 Å². The van der Waals surface area contributed by atoms with Crippen molar-refractivity contribution in [3.63, 3.8) is 0 Å². The number of hydrogen-bond donors (Lipinski definition) is 2. The molecule has 172 valence electrons. The fourth-order valence-corrected chi connectivity index (χ4v) is 6.42. The Bertz CT molecular complexity index is 985. The predicted octanol–water partition coefficient (Wildman–Crippen LogP) is 6.02. The van der Waals surface area contributed by atoms with E-state index in [4.69, 9.17) is 27.9 Å². The third-order valence-electron chi connectivity index (χ3n) is 7.67. The lowest BCUT2D eigenvalue weighted by Gasteiger charge is -2.47. The summed E-state index contributed by atoms with van der Waals surface area (Å²) in [7, 11) is 1.45. The molecular weight excluding hydrogens is 445 g/mol. The number of anilines is 1. The standard InChI is InChI=1S/C26H31Cl2NO3/c1-17(16-30)13-18-14-21-22(7-4-8-23(21)28)25(18)9-11-26(12-10-25,24(31)32-2)29-20-6-3-5-19(27)15-20/h3-8,15,17-18,29-30H,9-14,16H2,1-2H3/t17-,18?,25?,26?/m1/s1. The molecule has 0 bridgehead atoms. The van der Waals surface area contributed by atoms with Crippen LogP contribution in [0.3, 0.4) is 0 Å². The first-order valence-corrected chi connectivity index (χ1v) is 12.1. The fraction of sp³-hybridized carbons (Fsp3) is 0.500. The van der Waals surface area contributed by atoms with Gasteiger partial charge in [0, 0.05) is 22.3 Å². The topological polar surface area (TPSA) is 58.6 Å². The highest BCUT2D eigenvalue weighted by Gasteiger charge is 2.54. The Balaban J connectivity index is 1.67. The van der Waals surface area contributed by atoms with Gasteiger partial charge in [0.25, 0.3) is 0 Å². The van der Waals surface area contributed by atoms with Crippen LogP contribution in [0.15, 0.2) is 42.5 Å². The molecule has 2 aliphatic rings. The smallest absolute Gasteiger partial charge is 0.331 e. The summed E-state index contributed by atoms with van der Waals surface area (Å²) in [5.74, 6) is 0.375. The van der Waals surface area contributed by atoms with Gasteiger partial charge in [-0.2, -0.15) is 0 Å². The molecule has 0 aromatic heterocycles. The first kappa shape index (κ1) is 23.4. The van der Waals surface area contributed by atoms with E-state index in [0.717, 1.165) is 36.4 Å². The second kappa shape index (κ2) is 9.24. The number of esters is 1. The molecule has 2 aliphatic carbocycles. The van der Waals surface area contributed by atoms with Crippen LogP contribution < -0.4 is 5.32 Å². The molecule has 2 aromatic carbocycles. The van der Waals surface area contributed by atoms with E-state index in [1.165, 1.54) is 18.2 Å². The summed E-state index contributed by atoms with van der Waals surface area (Å²) in [4.78, 5) is 13.0. The Kier molecular flexibility index (Phi) is 6.76. The highest BCUT2D eigenvalue weighted by molar-refractivity contribution is 6.31. The lowest BCUT2D eigenvalue weighted by molar-refractivity contribution is -0.148. The van der Waals surface area contributed by atoms with Gasteiger partial charge >= 0.3 is 5.97 Å². The van der Waals surface area contributed by atoms with Crippen molar-refractivity contribution in [2.45, 2.75) is 56.4 Å². The number of carbonyl (C=O) groups is 1. The van der Waals surface area contributed by atoms with Crippen molar-refractivity contribution in [3.05, 3.63) is 63.6 Å². The van der Waals surface area contributed by atoms with Gasteiger partial charge in [-0.25, -0.2) is 4.79 Å². The Hall–Kier alpha value is -1.75. The summed E-state index contributed by atoms with van der Waals surface area (Å²) in [5.41, 5.74) is 2.54. The number of fused-ring (bicyclic) bond motifs is 2. The maximum absolute atomic E-state index is 13.0. The van der Waals surface area contributed by atoms with Gasteiger partial charge < -0.3 is 15.2 Å². The summed E-state index contributed by atoms with van der Waals surface area (Å²) >= 11 is 12.8. The normalized spacial score (nSPS) is 27.7. The van der Waals surface area contributed by atoms with Crippen LogP contribution in [0.5, 0.6) is 0 Å². The molecule has 1 fully saturated rings. The SMILES string of the molecule is COC(=O)C1(Nc2cccc(Cl)c2)CCC2(CC1)c1cccc(Cl)c1CC2C[C@@H](C)CO. The number of rotatable bonds is 6. The Morgan fingerprint density at radius 2 is 1.91 bits per heavy atom. The molecule has 2 aromatic rings. The van der Waals surface area contributed by atoms with Crippen LogP contribution in [-0.2, 0) is 21.4 Å². The van der Waals surface area contributed by atoms with Gasteiger partial charge in [0.15, 0.2) is 0 Å². The quantitative estimate of drug-likeness (QED) is 0.501. The summed E-state index contributed by atoms with van der Waals surface area (Å²) < 4.78 is 5.26. The Labute approximate surface area is 200 Å². The number of nitrogens with one attached hydrogen (secondary N) is 1. The van der Waals surface area contributed by atoms with E-state index in [1.54, 1.807) is 0 Å². The van der Waals surface area contributed by atoms with Gasteiger partial charge in [0.1, 0.15) is 5.54 Å². The summed E-state index contributed by atoms with van der Waals surface area (Å²) in [6, 6.07) is 13.7. The van der Waals surface area contributed by atoms with Crippen molar-refractivity contribution < 1.29 is 14.6 Å². The molecule has 0 saturated heterocycles. The van der Waals surface area contributed by atoms with E-state index >= 15 is 0 Å². The van der Waals surface area contributed by atoms with Gasteiger partial charge in [0.05, 0.1) is 7.11 Å². The molecule has 1 saturated carbocycles. The van der Waals surface area contributed by atoms with E-state index in [2.05, 4.69) is 18.3 Å². The minimum atomic E-state index is -0.793. The molecule has 6 heteroatoms. The van der Waals surface area contributed by atoms with E-state index in [0.29, 0.717) is 23.8 Å². The monoisotopic (exact) mass is 475 g/mol. The van der Waals surface area contributed by atoms with Gasteiger partial charge in [0.2, 0.25) is 0 Å². The van der Waals surface area contributed by atoms with Crippen LogP contribution in [0.25, 0.3) is 0 Å². The van der Waals surface area contributed by atoms with Crippen LogP contribution in [0.2, 0.25) is 10.0 Å². The van der Waals surface area contributed by atoms with Crippen LogP contribution in [-0.4, -0.2) is 30.3 Å². The second-order valence-corrected chi connectivity index (χ2v) is 10.4. The summed E-state index contributed by atoms with van der Waals surface area (Å²) in [6.45, 7) is 2.28. The molecule has 0 heterocycles. The molecule has 2 N–H and O–H groups in total. The number of carbonyl (C=O) groups excluding carboxylic acids is 1. The third-order valence-corrected chi connectivity index (χ3v) is 8.26. The first-order chi connectivity index (χ1) is 15.3. The number of hydrogen-bond acceptors (Lipinski definition) is 4. The molecule has 2 atom stereocenters. The number of methoxy groups -OCH3 is 1. The van der Waals surface area contributed by atoms with Gasteiger partial charge in [-0.05, 0) is 91.2 Å². The lowest BCUT2D eigenvalue weighted by Crippen LogP contribution is -2.53. The Morgan fingerprint density at radius 1 is 1.19 bits per heavy atom. The Morgan fingerprint density at radius 3 is 2.56 bits per heavy atom. The zero-order valence-electron chi connectivity index (χ0n) is 18.7. The molecule has 4 rings (SSSR count). The van der Waals surface area contributed by atoms with Crippen molar-refractivity contribution >= 4 is 34.9 Å². The molecule has 0 amide bonds. The first-order valence-electron chi connectivity index (χ1n) is 11.3. The third kappa shape index (κ3) is 4.13. The van der Waals surface area contributed by atoms with E-state index in [-0.39, 0.29) is 23.9 Å². The molecule has 4 nitrogen and oxygen atoms in total. The summed E-state index contributed by atoms with van der Waals surface area (Å²) in [6.07, 6.45) is 4.88. The minimum Gasteiger partial charge on any atom is -0.467 e. The average molecular weight is 476 g/mol. The number of aliphatic hydroxyl groups excluding tert-OH is 1. The van der Waals surface area contributed by atoms with Gasteiger partial charge in [-0.15, -0.1) is 0 Å². The van der Waals surface area contributed by atoms with Crippen LogP contribution in [0.4, 0.5) is 5.69 Å². The number of ether oxygens (including phenoxy) is 1. The maximum Gasteiger partial charge on any atom is 0.331 e. The van der Waals surface area contributed by atoms with Crippen molar-refractivity contribution in [1.82, 2.24) is 0 Å². The average Bonchev–Trinajstić information content (AvgIpc) is 3.09. The lowest BCUT2D eigenvalue weighted by atomic mass is 9.59. The molecular formula is C26H31Cl2NO3. The molecule has 32 heavy (non-hydrogen) atoms. The van der Waals surface area contributed by atoms with E-state index in [1.807, 2.05) is 36.4 Å². The fourth-order valence-electron chi connectivity index (χ4n) is 5.98. The highest BCUT2D eigenvalue weighted by atomic mass is 35.5. The van der Waals surface area contributed by atoms with Crippen molar-refractivity contribution in [1.29, 1.82) is 0 Å². The number of benzene rings is 2. The minimum absolute atomic E-state index is 0.0444. The molecule has 1 spiro atoms. The second-order valence-electron chi connectivity index (χ2n) is 9.56. The maximum atomic E-state index is 13.0. The van der Waals surface area contributed by atoms with Gasteiger partial charge in [-0.3, -0.25) is 0 Å². The van der Waals surface area contributed by atoms with Crippen LogP contribution in [0.1, 0.15) is 50.2 Å². The number of aliphatic hydroxyl groups is 1. The van der Waals surface area contributed by atoms with E-state index < -0.39 is 5.54 Å². The van der Waals surface area contributed by atoms with Crippen LogP contribution in [0, 0.1) is 11.8 Å². The number of halogens is 2. The zero-order valence-corrected chi connectivity index (χ0v) is 20.2. The molecule has 0 aliphatic heterocycles. The van der Waals surface area contributed by atoms with Gasteiger partial charge in [-0.1, -0.05) is 48.3 Å². The zero-order chi connectivity index (χ0) is 22.9. The molecule has 0 radical (unpaired) electrons. The largest absolute Gasteiger partial charge is 0.467 e. The molecule has 1 unspecified atom stereocenters. The van der Waals surface area contributed by atoms with Crippen molar-refractivity contribution in [3.8, 4) is 0 Å². The van der Waals surface area contributed by atoms with Crippen molar-refractivity contribution in [2.75, 3.05) is 19.0 Å². The van der Waals surface area contributed by atoms with Crippen molar-refractivity contribution in [2.24, 2.45) is 11.8 Å². The predicted molar refractivity (Wildman–Crippen MR) is 129 cm³/mol.